The Hall–Kier alpha value is -0.880. The fourth-order valence-corrected chi connectivity index (χ4v) is 2.41. The second-order valence-electron chi connectivity index (χ2n) is 2.94. The molecule has 5 heteroatoms. The highest BCUT2D eigenvalue weighted by Gasteiger charge is 2.26. The maximum Gasteiger partial charge on any atom is 0.258 e. The van der Waals surface area contributed by atoms with E-state index in [1.807, 2.05) is 22.6 Å². The van der Waals surface area contributed by atoms with Crippen LogP contribution in [-0.2, 0) is 9.59 Å². The molecule has 2 rings (SSSR count). The third kappa shape index (κ3) is 1.91. The molecule has 1 heterocycles. The van der Waals surface area contributed by atoms with E-state index in [1.54, 1.807) is 18.2 Å². The summed E-state index contributed by atoms with van der Waals surface area (Å²) in [5.41, 5.74) is 0.569. The number of rotatable bonds is 1. The van der Waals surface area contributed by atoms with Crippen LogP contribution >= 0.6 is 34.2 Å². The normalized spacial score (nSPS) is 15.2. The van der Waals surface area contributed by atoms with Crippen molar-refractivity contribution in [2.45, 2.75) is 0 Å². The first kappa shape index (κ1) is 10.6. The summed E-state index contributed by atoms with van der Waals surface area (Å²) < 4.78 is 0.769. The van der Waals surface area contributed by atoms with Gasteiger partial charge in [0.25, 0.3) is 11.8 Å². The van der Waals surface area contributed by atoms with Crippen molar-refractivity contribution in [3.63, 3.8) is 0 Å². The number of carbonyl (C=O) groups is 2. The Morgan fingerprint density at radius 3 is 2.27 bits per heavy atom. The summed E-state index contributed by atoms with van der Waals surface area (Å²) in [5, 5.41) is 0.579. The average molecular weight is 334 g/mol. The van der Waals surface area contributed by atoms with Crippen molar-refractivity contribution >= 4 is 51.7 Å². The van der Waals surface area contributed by atoms with Gasteiger partial charge in [0.1, 0.15) is 0 Å². The third-order valence-electron chi connectivity index (χ3n) is 1.96. The zero-order chi connectivity index (χ0) is 11.0. The van der Waals surface area contributed by atoms with Crippen molar-refractivity contribution < 1.29 is 9.59 Å². The molecule has 0 N–H and O–H groups in total. The number of hydrogen-bond donors (Lipinski definition) is 0. The van der Waals surface area contributed by atoms with E-state index in [1.165, 1.54) is 12.2 Å². The summed E-state index contributed by atoms with van der Waals surface area (Å²) in [7, 11) is 0. The quantitative estimate of drug-likeness (QED) is 0.584. The van der Waals surface area contributed by atoms with Crippen molar-refractivity contribution in [1.29, 1.82) is 0 Å². The summed E-state index contributed by atoms with van der Waals surface area (Å²) in [6.45, 7) is 0. The molecule has 3 nitrogen and oxygen atoms in total. The first-order valence-corrected chi connectivity index (χ1v) is 5.56. The highest BCUT2D eigenvalue weighted by atomic mass is 127. The van der Waals surface area contributed by atoms with Crippen LogP contribution in [0.4, 0.5) is 5.69 Å². The number of benzene rings is 1. The van der Waals surface area contributed by atoms with Gasteiger partial charge in [-0.05, 0) is 40.8 Å². The molecule has 1 aliphatic heterocycles. The first-order valence-electron chi connectivity index (χ1n) is 4.11. The number of anilines is 1. The van der Waals surface area contributed by atoms with Crippen LogP contribution in [0.2, 0.25) is 5.02 Å². The fraction of sp³-hybridized carbons (Fsp3) is 0. The van der Waals surface area contributed by atoms with E-state index in [2.05, 4.69) is 0 Å². The minimum Gasteiger partial charge on any atom is -0.269 e. The van der Waals surface area contributed by atoms with Crippen LogP contribution < -0.4 is 4.90 Å². The molecule has 1 aromatic rings. The van der Waals surface area contributed by atoms with E-state index >= 15 is 0 Å². The summed E-state index contributed by atoms with van der Waals surface area (Å²) in [5.74, 6) is -0.638. The predicted octanol–water partition coefficient (Wildman–Crippen LogP) is 2.37. The van der Waals surface area contributed by atoms with Crippen LogP contribution in [0.25, 0.3) is 0 Å². The Kier molecular flexibility index (Phi) is 2.79. The van der Waals surface area contributed by atoms with Gasteiger partial charge in [-0.2, -0.15) is 0 Å². The SMILES string of the molecule is O=C1C=CC(=O)N1c1ccc(Cl)cc1I. The molecule has 0 aliphatic carbocycles. The van der Waals surface area contributed by atoms with Crippen molar-refractivity contribution in [3.05, 3.63) is 38.9 Å². The number of imide groups is 1. The van der Waals surface area contributed by atoms with Crippen molar-refractivity contribution in [2.75, 3.05) is 4.90 Å². The molecule has 0 unspecified atom stereocenters. The summed E-state index contributed by atoms with van der Waals surface area (Å²) in [6.07, 6.45) is 2.51. The highest BCUT2D eigenvalue weighted by molar-refractivity contribution is 14.1. The smallest absolute Gasteiger partial charge is 0.258 e. The molecule has 0 radical (unpaired) electrons. The van der Waals surface area contributed by atoms with Crippen LogP contribution in [-0.4, -0.2) is 11.8 Å². The standard InChI is InChI=1S/C10H5ClINO2/c11-6-1-2-8(7(12)5-6)13-9(14)3-4-10(13)15/h1-5H. The molecule has 76 valence electrons. The zero-order valence-electron chi connectivity index (χ0n) is 7.41. The third-order valence-corrected chi connectivity index (χ3v) is 3.06. The van der Waals surface area contributed by atoms with Crippen LogP contribution in [0.5, 0.6) is 0 Å². The van der Waals surface area contributed by atoms with Crippen molar-refractivity contribution in [2.24, 2.45) is 0 Å². The van der Waals surface area contributed by atoms with Crippen molar-refractivity contribution in [1.82, 2.24) is 0 Å². The molecule has 0 spiro atoms. The van der Waals surface area contributed by atoms with Gasteiger partial charge in [-0.25, -0.2) is 4.90 Å². The van der Waals surface area contributed by atoms with Gasteiger partial charge in [0.2, 0.25) is 0 Å². The Bertz CT molecular complexity index is 466. The minimum absolute atomic E-state index is 0.319. The number of carbonyl (C=O) groups excluding carboxylic acids is 2. The molecule has 0 saturated heterocycles. The topological polar surface area (TPSA) is 37.4 Å². The monoisotopic (exact) mass is 333 g/mol. The number of nitrogens with zero attached hydrogens (tertiary/aromatic N) is 1. The molecular weight excluding hydrogens is 328 g/mol. The molecule has 2 amide bonds. The molecule has 0 saturated carbocycles. The van der Waals surface area contributed by atoms with Crippen LogP contribution in [0.15, 0.2) is 30.4 Å². The van der Waals surface area contributed by atoms with Gasteiger partial charge in [0.05, 0.1) is 5.69 Å². The molecule has 0 fully saturated rings. The second-order valence-corrected chi connectivity index (χ2v) is 4.54. The van der Waals surface area contributed by atoms with Crippen LogP contribution in [0, 0.1) is 3.57 Å². The van der Waals surface area contributed by atoms with E-state index in [9.17, 15) is 9.59 Å². The van der Waals surface area contributed by atoms with Gasteiger partial charge in [-0.15, -0.1) is 0 Å². The molecule has 0 bridgehead atoms. The summed E-state index contributed by atoms with van der Waals surface area (Å²) in [6, 6.07) is 5.02. The Balaban J connectivity index is 2.46. The van der Waals surface area contributed by atoms with Gasteiger partial charge in [0, 0.05) is 20.7 Å². The van der Waals surface area contributed by atoms with Gasteiger partial charge < -0.3 is 0 Å². The summed E-state index contributed by atoms with van der Waals surface area (Å²) >= 11 is 7.82. The van der Waals surface area contributed by atoms with E-state index in [4.69, 9.17) is 11.6 Å². The maximum absolute atomic E-state index is 11.4. The molecule has 0 aromatic heterocycles. The summed E-state index contributed by atoms with van der Waals surface area (Å²) in [4.78, 5) is 23.9. The van der Waals surface area contributed by atoms with E-state index < -0.39 is 0 Å². The van der Waals surface area contributed by atoms with Gasteiger partial charge in [-0.1, -0.05) is 11.6 Å². The van der Waals surface area contributed by atoms with Crippen molar-refractivity contribution in [3.8, 4) is 0 Å². The number of hydrogen-bond acceptors (Lipinski definition) is 2. The number of amides is 2. The fourth-order valence-electron chi connectivity index (χ4n) is 1.30. The van der Waals surface area contributed by atoms with Gasteiger partial charge >= 0.3 is 0 Å². The molecule has 1 aliphatic rings. The average Bonchev–Trinajstić information content (AvgIpc) is 2.48. The van der Waals surface area contributed by atoms with Crippen LogP contribution in [0.1, 0.15) is 0 Å². The predicted molar refractivity (Wildman–Crippen MR) is 65.8 cm³/mol. The lowest BCUT2D eigenvalue weighted by atomic mass is 10.3. The van der Waals surface area contributed by atoms with Gasteiger partial charge in [0.15, 0.2) is 0 Å². The Morgan fingerprint density at radius 2 is 1.73 bits per heavy atom. The molecule has 15 heavy (non-hydrogen) atoms. The zero-order valence-corrected chi connectivity index (χ0v) is 10.3. The highest BCUT2D eigenvalue weighted by Crippen LogP contribution is 2.27. The lowest BCUT2D eigenvalue weighted by Gasteiger charge is -2.15. The Labute approximate surface area is 105 Å². The molecule has 0 atom stereocenters. The lowest BCUT2D eigenvalue weighted by molar-refractivity contribution is -0.119. The number of halogens is 2. The second kappa shape index (κ2) is 3.94. The molecule has 1 aromatic carbocycles. The van der Waals surface area contributed by atoms with E-state index in [0.717, 1.165) is 8.47 Å². The lowest BCUT2D eigenvalue weighted by Crippen LogP contribution is -2.30. The first-order chi connectivity index (χ1) is 7.09. The van der Waals surface area contributed by atoms with Crippen LogP contribution in [0.3, 0.4) is 0 Å². The van der Waals surface area contributed by atoms with Gasteiger partial charge in [-0.3, -0.25) is 9.59 Å². The van der Waals surface area contributed by atoms with E-state index in [-0.39, 0.29) is 11.8 Å². The molecular formula is C10H5ClINO2. The minimum atomic E-state index is -0.319. The maximum atomic E-state index is 11.4. The Morgan fingerprint density at radius 1 is 1.13 bits per heavy atom. The van der Waals surface area contributed by atoms with E-state index in [0.29, 0.717) is 10.7 Å². The largest absolute Gasteiger partial charge is 0.269 e.